The Morgan fingerprint density at radius 3 is 0.828 bits per heavy atom. The highest BCUT2D eigenvalue weighted by atomic mass is 19.4. The fraction of sp³-hybridized carbons (Fsp3) is 0.103. The zero-order chi connectivity index (χ0) is 67.8. The molecule has 0 spiro atoms. The summed E-state index contributed by atoms with van der Waals surface area (Å²) >= 11 is 0. The van der Waals surface area contributed by atoms with Crippen molar-refractivity contribution in [2.24, 2.45) is 5.92 Å². The Labute approximate surface area is 574 Å². The van der Waals surface area contributed by atoms with E-state index < -0.39 is 41.7 Å². The van der Waals surface area contributed by atoms with Crippen LogP contribution in [0.2, 0.25) is 0 Å². The highest BCUT2D eigenvalue weighted by molar-refractivity contribution is 5.82. The van der Waals surface area contributed by atoms with Crippen molar-refractivity contribution in [3.8, 4) is 0 Å². The van der Waals surface area contributed by atoms with Crippen LogP contribution in [-0.2, 0) is 5.41 Å². The van der Waals surface area contributed by atoms with Crippen molar-refractivity contribution in [1.82, 2.24) is 0 Å². The number of hydrogen-bond acceptors (Lipinski definition) is 6. The van der Waals surface area contributed by atoms with Gasteiger partial charge in [-0.15, -0.1) is 0 Å². The van der Waals surface area contributed by atoms with Gasteiger partial charge in [-0.1, -0.05) is 188 Å². The lowest BCUT2D eigenvalue weighted by Gasteiger charge is -2.43. The molecule has 3 aliphatic carbocycles. The van der Waals surface area contributed by atoms with Gasteiger partial charge in [-0.05, 0) is 207 Å². The van der Waals surface area contributed by atoms with E-state index >= 15 is 26.3 Å². The molecule has 0 fully saturated rings. The van der Waals surface area contributed by atoms with Gasteiger partial charge in [0.05, 0.1) is 12.1 Å². The largest absolute Gasteiger partial charge is 0.407 e. The van der Waals surface area contributed by atoms with Crippen LogP contribution in [0.4, 0.5) is 106 Å². The van der Waals surface area contributed by atoms with Crippen molar-refractivity contribution in [2.75, 3.05) is 29.4 Å². The molecular weight excluding hydrogens is 1240 g/mol. The van der Waals surface area contributed by atoms with Crippen LogP contribution < -0.4 is 29.4 Å². The lowest BCUT2D eigenvalue weighted by Crippen LogP contribution is -2.58. The average molecular weight is 1310 g/mol. The number of alkyl halides is 6. The van der Waals surface area contributed by atoms with Crippen molar-refractivity contribution in [1.29, 1.82) is 0 Å². The smallest absolute Gasteiger partial charge is 0.334 e. The zero-order valence-corrected chi connectivity index (χ0v) is 54.0. The number of hydrogen-bond donors (Lipinski definition) is 0. The number of para-hydroxylation sites is 7. The van der Waals surface area contributed by atoms with Crippen LogP contribution in [0.3, 0.4) is 0 Å². The zero-order valence-electron chi connectivity index (χ0n) is 54.0. The van der Waals surface area contributed by atoms with E-state index in [-0.39, 0.29) is 6.04 Å². The molecule has 0 saturated heterocycles. The van der Waals surface area contributed by atoms with Gasteiger partial charge in [-0.3, -0.25) is 0 Å². The van der Waals surface area contributed by atoms with Crippen molar-refractivity contribution in [3.63, 3.8) is 0 Å². The second-order valence-electron chi connectivity index (χ2n) is 24.6. The summed E-state index contributed by atoms with van der Waals surface area (Å²) in [5, 5.41) is 0. The quantitative estimate of drug-likeness (QED) is 0.0704. The molecule has 14 rings (SSSR count). The second-order valence-corrected chi connectivity index (χ2v) is 24.6. The molecule has 11 aromatic rings. The van der Waals surface area contributed by atoms with Crippen LogP contribution in [0.5, 0.6) is 0 Å². The van der Waals surface area contributed by atoms with Crippen LogP contribution in [0.15, 0.2) is 382 Å². The Morgan fingerprint density at radius 1 is 0.253 bits per heavy atom. The molecule has 3 aliphatic rings. The van der Waals surface area contributed by atoms with Gasteiger partial charge in [-0.2, -0.15) is 26.3 Å². The molecule has 11 aromatic carbocycles. The first-order valence-electron chi connectivity index (χ1n) is 33.2. The molecule has 0 aliphatic heterocycles. The molecule has 6 nitrogen and oxygen atoms in total. The molecule has 0 heterocycles. The van der Waals surface area contributed by atoms with E-state index in [1.54, 1.807) is 0 Å². The predicted molar refractivity (Wildman–Crippen MR) is 394 cm³/mol. The number of halogens is 6. The van der Waals surface area contributed by atoms with E-state index in [1.807, 2.05) is 301 Å². The fourth-order valence-corrected chi connectivity index (χ4v) is 14.0. The lowest BCUT2D eigenvalue weighted by molar-refractivity contribution is -0.314. The monoisotopic (exact) mass is 1310 g/mol. The van der Waals surface area contributed by atoms with Gasteiger partial charge in [0, 0.05) is 96.9 Å². The molecule has 0 radical (unpaired) electrons. The third kappa shape index (κ3) is 13.3. The molecule has 99 heavy (non-hydrogen) atoms. The standard InChI is InChI=1S/C87H70F6N6/c88-86(89,90)85(87(91,92)93,65-41-45-75(46-42-65)98(81-57-49-77(50-58-81)94(67-25-9-1-10-26-67)68-27-11-2-12-28-68)82-59-51-78(52-60-82)95(69-29-13-3-14-30-69)70-31-15-4-16-32-70)66-43-47-76(48-44-66)99(83-61-53-79(54-62-83)96(71-33-17-5-18-34-71)72-35-19-6-20-36-72)84-63-55-80(56-64-84)97(73-37-21-7-22-38-73)74-39-23-8-24-40-74/h1-39,41,43-61,63-65,74,83H,40,42,62H2. The minimum Gasteiger partial charge on any atom is -0.334 e. The first-order chi connectivity index (χ1) is 48.4. The van der Waals surface area contributed by atoms with E-state index in [9.17, 15) is 0 Å². The minimum atomic E-state index is -5.80. The molecular formula is C87H70F6N6. The van der Waals surface area contributed by atoms with Gasteiger partial charge in [0.1, 0.15) is 0 Å². The Morgan fingerprint density at radius 2 is 0.525 bits per heavy atom. The van der Waals surface area contributed by atoms with Crippen LogP contribution >= 0.6 is 0 Å². The average Bonchev–Trinajstić information content (AvgIpc) is 0.714. The maximum Gasteiger partial charge on any atom is 0.407 e. The van der Waals surface area contributed by atoms with E-state index in [4.69, 9.17) is 0 Å². The summed E-state index contributed by atoms with van der Waals surface area (Å²) in [6.07, 6.45) is 7.62. The van der Waals surface area contributed by atoms with Gasteiger partial charge in [0.2, 0.25) is 0 Å². The van der Waals surface area contributed by atoms with Crippen molar-refractivity contribution in [2.45, 2.75) is 49.1 Å². The third-order valence-corrected chi connectivity index (χ3v) is 18.6. The Bertz CT molecular complexity index is 4400. The molecule has 0 N–H and O–H groups in total. The Hall–Kier alpha value is -11.8. The van der Waals surface area contributed by atoms with Crippen molar-refractivity contribution in [3.05, 3.63) is 387 Å². The molecule has 0 aromatic heterocycles. The summed E-state index contributed by atoms with van der Waals surface area (Å²) in [6.45, 7) is 0. The molecule has 0 saturated carbocycles. The SMILES string of the molecule is FC(F)(F)C(c1ccc(N(c2ccc(N(c3ccccc3)C3C=CC=CC3)cc2)C2C=CC(N(c3ccccc3)c3ccccc3)=CC2)cc1)(C1C=CC(N(c2ccc(N(c3ccccc3)c3ccccc3)cc2)c2ccc(N(c3ccccc3)c3ccccc3)cc2)=CC1)C(F)(F)F. The van der Waals surface area contributed by atoms with Gasteiger partial charge in [-0.25, -0.2) is 0 Å². The molecule has 490 valence electrons. The van der Waals surface area contributed by atoms with Gasteiger partial charge in [0.25, 0.3) is 0 Å². The van der Waals surface area contributed by atoms with E-state index in [0.717, 1.165) is 87.2 Å². The van der Waals surface area contributed by atoms with Crippen LogP contribution in [0.25, 0.3) is 0 Å². The summed E-state index contributed by atoms with van der Waals surface area (Å²) in [5.41, 5.74) is 7.60. The lowest BCUT2D eigenvalue weighted by atomic mass is 9.66. The number of anilines is 14. The van der Waals surface area contributed by atoms with Gasteiger partial charge >= 0.3 is 12.4 Å². The number of benzene rings is 11. The second kappa shape index (κ2) is 28.5. The summed E-state index contributed by atoms with van der Waals surface area (Å²) in [6, 6.07) is 97.9. The highest BCUT2D eigenvalue weighted by Gasteiger charge is 2.74. The molecule has 3 unspecified atom stereocenters. The van der Waals surface area contributed by atoms with Crippen LogP contribution in [0.1, 0.15) is 24.8 Å². The maximum absolute atomic E-state index is 16.5. The normalized spacial score (nSPS) is 15.9. The molecule has 12 heteroatoms. The Kier molecular flexibility index (Phi) is 18.6. The predicted octanol–water partition coefficient (Wildman–Crippen LogP) is 24.5. The number of nitrogens with zero attached hydrogens (tertiary/aromatic N) is 6. The summed E-state index contributed by atoms with van der Waals surface area (Å²) < 4.78 is 99.1. The summed E-state index contributed by atoms with van der Waals surface area (Å²) in [5.74, 6) is -2.10. The highest BCUT2D eigenvalue weighted by Crippen LogP contribution is 2.59. The summed E-state index contributed by atoms with van der Waals surface area (Å²) in [7, 11) is 0. The van der Waals surface area contributed by atoms with Crippen LogP contribution in [-0.4, -0.2) is 24.4 Å². The fourth-order valence-electron chi connectivity index (χ4n) is 14.0. The minimum absolute atomic E-state index is 0.0154. The number of allylic oxidation sites excluding steroid dienone is 6. The molecule has 3 atom stereocenters. The Balaban J connectivity index is 0.825. The maximum atomic E-state index is 16.5. The van der Waals surface area contributed by atoms with E-state index in [0.29, 0.717) is 34.9 Å². The van der Waals surface area contributed by atoms with Crippen molar-refractivity contribution >= 4 is 79.6 Å². The van der Waals surface area contributed by atoms with Gasteiger partial charge in [0.15, 0.2) is 5.41 Å². The summed E-state index contributed by atoms with van der Waals surface area (Å²) in [4.78, 5) is 12.5. The van der Waals surface area contributed by atoms with E-state index in [2.05, 4.69) is 56.0 Å². The van der Waals surface area contributed by atoms with Crippen molar-refractivity contribution < 1.29 is 26.3 Å². The number of rotatable bonds is 20. The van der Waals surface area contributed by atoms with Gasteiger partial charge < -0.3 is 29.4 Å². The molecule has 0 bridgehead atoms. The third-order valence-electron chi connectivity index (χ3n) is 18.6. The molecule has 0 amide bonds. The first kappa shape index (κ1) is 64.6. The van der Waals surface area contributed by atoms with E-state index in [1.165, 1.54) is 24.3 Å². The first-order valence-corrected chi connectivity index (χ1v) is 33.2. The topological polar surface area (TPSA) is 19.4 Å². The van der Waals surface area contributed by atoms with Crippen LogP contribution in [0, 0.1) is 5.92 Å².